The lowest BCUT2D eigenvalue weighted by molar-refractivity contribution is -0.138. The summed E-state index contributed by atoms with van der Waals surface area (Å²) in [6, 6.07) is 0. The van der Waals surface area contributed by atoms with E-state index in [0.29, 0.717) is 11.9 Å². The largest absolute Gasteiger partial charge is 0.477 e. The molecule has 0 aromatic heterocycles. The lowest BCUT2D eigenvalue weighted by Gasteiger charge is -2.23. The molecular weight excluding hydrogens is 202 g/mol. The molecule has 80 valence electrons. The first-order valence-corrected chi connectivity index (χ1v) is 4.12. The van der Waals surface area contributed by atoms with E-state index in [2.05, 4.69) is 10.1 Å². The maximum Gasteiger partial charge on any atom is 0.352 e. The number of carbonyl (C=O) groups excluding carboxylic acids is 2. The molecule has 1 heterocycles. The third kappa shape index (κ3) is 2.94. The number of allylic oxidation sites excluding steroid dienone is 2. The topological polar surface area (TPSA) is 92.7 Å². The number of nitrogens with one attached hydrogen (secondary N) is 1. The highest BCUT2D eigenvalue weighted by Gasteiger charge is 2.21. The molecule has 0 aromatic carbocycles. The average molecular weight is 211 g/mol. The van der Waals surface area contributed by atoms with E-state index in [4.69, 9.17) is 5.11 Å². The summed E-state index contributed by atoms with van der Waals surface area (Å²) in [5.74, 6) is -1.18. The first kappa shape index (κ1) is 11.0. The molecule has 0 fully saturated rings. The number of hydrogen-bond donors (Lipinski definition) is 2. The van der Waals surface area contributed by atoms with Crippen molar-refractivity contribution < 1.29 is 24.2 Å². The Labute approximate surface area is 85.2 Å². The molecule has 0 saturated heterocycles. The van der Waals surface area contributed by atoms with Gasteiger partial charge < -0.3 is 15.2 Å². The maximum absolute atomic E-state index is 10.7. The second-order valence-corrected chi connectivity index (χ2v) is 2.81. The van der Waals surface area contributed by atoms with Gasteiger partial charge in [-0.3, -0.25) is 9.59 Å². The second kappa shape index (κ2) is 4.94. The number of aliphatic carboxylic acids is 1. The summed E-state index contributed by atoms with van der Waals surface area (Å²) in [6.07, 6.45) is 2.61. The van der Waals surface area contributed by atoms with Crippen molar-refractivity contribution in [2.45, 2.75) is 12.6 Å². The number of ether oxygens (including phenoxy) is 1. The van der Waals surface area contributed by atoms with Gasteiger partial charge in [-0.05, 0) is 17.7 Å². The van der Waals surface area contributed by atoms with Gasteiger partial charge in [-0.15, -0.1) is 0 Å². The molecule has 1 rings (SSSR count). The van der Waals surface area contributed by atoms with Crippen LogP contribution in [-0.4, -0.2) is 30.1 Å². The molecule has 1 atom stereocenters. The minimum Gasteiger partial charge on any atom is -0.477 e. The van der Waals surface area contributed by atoms with Gasteiger partial charge in [0.1, 0.15) is 12.0 Å². The normalized spacial score (nSPS) is 22.5. The first-order valence-electron chi connectivity index (χ1n) is 4.12. The third-order valence-electron chi connectivity index (χ3n) is 1.80. The summed E-state index contributed by atoms with van der Waals surface area (Å²) in [5, 5.41) is 11.2. The minimum absolute atomic E-state index is 0.110. The van der Waals surface area contributed by atoms with Gasteiger partial charge in [0.25, 0.3) is 6.47 Å². The molecular formula is C9H9NO5. The minimum atomic E-state index is -1.18. The number of carboxylic acid groups (broad SMARTS) is 1. The Morgan fingerprint density at radius 1 is 1.60 bits per heavy atom. The molecule has 0 aliphatic carbocycles. The molecule has 2 N–H and O–H groups in total. The van der Waals surface area contributed by atoms with E-state index in [0.717, 1.165) is 0 Å². The van der Waals surface area contributed by atoms with Crippen molar-refractivity contribution in [1.29, 1.82) is 0 Å². The Balaban J connectivity index is 2.88. The van der Waals surface area contributed by atoms with Gasteiger partial charge in [0.15, 0.2) is 6.23 Å². The lowest BCUT2D eigenvalue weighted by atomic mass is 10.1. The molecule has 15 heavy (non-hydrogen) atoms. The third-order valence-corrected chi connectivity index (χ3v) is 1.80. The Hall–Kier alpha value is -2.11. The zero-order valence-electron chi connectivity index (χ0n) is 7.67. The van der Waals surface area contributed by atoms with Crippen molar-refractivity contribution in [3.05, 3.63) is 23.4 Å². The van der Waals surface area contributed by atoms with Gasteiger partial charge in [0.2, 0.25) is 0 Å². The molecule has 6 heteroatoms. The van der Waals surface area contributed by atoms with Crippen LogP contribution in [0, 0.1) is 0 Å². The molecule has 1 aliphatic heterocycles. The number of carboxylic acids is 1. The van der Waals surface area contributed by atoms with E-state index in [-0.39, 0.29) is 18.6 Å². The van der Waals surface area contributed by atoms with Crippen LogP contribution in [0.1, 0.15) is 6.42 Å². The van der Waals surface area contributed by atoms with Crippen molar-refractivity contribution in [2.75, 3.05) is 0 Å². The fourth-order valence-corrected chi connectivity index (χ4v) is 1.20. The summed E-state index contributed by atoms with van der Waals surface area (Å²) in [7, 11) is 0. The second-order valence-electron chi connectivity index (χ2n) is 2.81. The van der Waals surface area contributed by atoms with Crippen molar-refractivity contribution in [3.63, 3.8) is 0 Å². The Morgan fingerprint density at radius 2 is 2.33 bits per heavy atom. The number of hydrogen-bond acceptors (Lipinski definition) is 5. The van der Waals surface area contributed by atoms with Gasteiger partial charge in [-0.2, -0.15) is 0 Å². The number of aldehydes is 1. The molecule has 0 radical (unpaired) electrons. The summed E-state index contributed by atoms with van der Waals surface area (Å²) < 4.78 is 4.59. The highest BCUT2D eigenvalue weighted by Crippen LogP contribution is 2.16. The van der Waals surface area contributed by atoms with E-state index in [9.17, 15) is 14.4 Å². The van der Waals surface area contributed by atoms with E-state index in [1.807, 2.05) is 0 Å². The predicted molar refractivity (Wildman–Crippen MR) is 48.6 cm³/mol. The van der Waals surface area contributed by atoms with Gasteiger partial charge in [-0.25, -0.2) is 4.79 Å². The van der Waals surface area contributed by atoms with Crippen LogP contribution in [0.2, 0.25) is 0 Å². The zero-order chi connectivity index (χ0) is 11.3. The van der Waals surface area contributed by atoms with E-state index in [1.54, 1.807) is 0 Å². The fourth-order valence-electron chi connectivity index (χ4n) is 1.20. The van der Waals surface area contributed by atoms with Crippen LogP contribution in [-0.2, 0) is 19.1 Å². The summed E-state index contributed by atoms with van der Waals surface area (Å²) in [5.41, 5.74) is 0.384. The molecule has 0 saturated carbocycles. The van der Waals surface area contributed by atoms with E-state index >= 15 is 0 Å². The smallest absolute Gasteiger partial charge is 0.352 e. The maximum atomic E-state index is 10.7. The van der Waals surface area contributed by atoms with E-state index < -0.39 is 12.2 Å². The Bertz CT molecular complexity index is 344. The molecule has 0 amide bonds. The van der Waals surface area contributed by atoms with Crippen molar-refractivity contribution in [1.82, 2.24) is 5.32 Å². The van der Waals surface area contributed by atoms with Crippen molar-refractivity contribution >= 4 is 18.7 Å². The molecule has 0 unspecified atom stereocenters. The van der Waals surface area contributed by atoms with Crippen LogP contribution < -0.4 is 5.32 Å². The van der Waals surface area contributed by atoms with Crippen LogP contribution in [0.3, 0.4) is 0 Å². The molecule has 0 spiro atoms. The van der Waals surface area contributed by atoms with Gasteiger partial charge in [-0.1, -0.05) is 0 Å². The highest BCUT2D eigenvalue weighted by molar-refractivity contribution is 5.87. The van der Waals surface area contributed by atoms with Crippen molar-refractivity contribution in [3.8, 4) is 0 Å². The average Bonchev–Trinajstić information content (AvgIpc) is 2.18. The first-order chi connectivity index (χ1) is 7.17. The fraction of sp³-hybridized carbons (Fsp3) is 0.222. The summed E-state index contributed by atoms with van der Waals surface area (Å²) in [6.45, 7) is 0.223. The summed E-state index contributed by atoms with van der Waals surface area (Å²) >= 11 is 0. The standard InChI is InChI=1S/C9H9NO5/c11-2-1-6-3-7(9(13)14)10-8(4-6)15-5-12/h1-3,5,8,10H,4H2,(H,13,14)/b6-1+/t8-/m1/s1. The van der Waals surface area contributed by atoms with Crippen LogP contribution in [0.5, 0.6) is 0 Å². The zero-order valence-corrected chi connectivity index (χ0v) is 7.67. The van der Waals surface area contributed by atoms with Gasteiger partial charge in [0.05, 0.1) is 0 Å². The molecule has 1 aliphatic rings. The Kier molecular flexibility index (Phi) is 3.61. The lowest BCUT2D eigenvalue weighted by Crippen LogP contribution is -2.37. The number of rotatable bonds is 4. The van der Waals surface area contributed by atoms with Crippen molar-refractivity contribution in [2.24, 2.45) is 0 Å². The van der Waals surface area contributed by atoms with Crippen LogP contribution >= 0.6 is 0 Å². The summed E-state index contributed by atoms with van der Waals surface area (Å²) in [4.78, 5) is 31.0. The van der Waals surface area contributed by atoms with Crippen LogP contribution in [0.15, 0.2) is 23.4 Å². The quantitative estimate of drug-likeness (QED) is 0.484. The predicted octanol–water partition coefficient (Wildman–Crippen LogP) is -0.427. The number of carbonyl (C=O) groups is 3. The SMILES string of the molecule is O=C/C=C1\C=C(C(=O)O)N[C@H](OC=O)C1. The Morgan fingerprint density at radius 3 is 2.87 bits per heavy atom. The molecule has 0 aromatic rings. The van der Waals surface area contributed by atoms with Crippen LogP contribution in [0.4, 0.5) is 0 Å². The van der Waals surface area contributed by atoms with Crippen LogP contribution in [0.25, 0.3) is 0 Å². The van der Waals surface area contributed by atoms with Gasteiger partial charge >= 0.3 is 5.97 Å². The molecule has 0 bridgehead atoms. The van der Waals surface area contributed by atoms with E-state index in [1.165, 1.54) is 12.2 Å². The monoisotopic (exact) mass is 211 g/mol. The highest BCUT2D eigenvalue weighted by atomic mass is 16.5. The molecule has 6 nitrogen and oxygen atoms in total. The van der Waals surface area contributed by atoms with Gasteiger partial charge in [0, 0.05) is 6.42 Å².